The van der Waals surface area contributed by atoms with Gasteiger partial charge in [-0.2, -0.15) is 13.6 Å². The number of nitrogens with two attached hydrogens (primary N) is 1. The minimum absolute atomic E-state index is 0. The third-order valence-corrected chi connectivity index (χ3v) is 8.16. The van der Waals surface area contributed by atoms with E-state index in [-0.39, 0.29) is 28.5 Å². The van der Waals surface area contributed by atoms with Crippen LogP contribution in [0.25, 0.3) is 89.7 Å². The van der Waals surface area contributed by atoms with E-state index in [4.69, 9.17) is 39.2 Å². The molecule has 0 atom stereocenters. The molecule has 224 valence electrons. The molecule has 0 radical (unpaired) electrons. The van der Waals surface area contributed by atoms with Crippen molar-refractivity contribution < 1.29 is 29.7 Å². The standard InChI is InChI=1S/C32H19N9O3S.Fe/c33-45(42,43)44-23-15-7-14-22-24(23)32-40-30-21-13-6-5-12-20(21)28(38-30)36-26-17-9-2-1-8-16(17)25(34-26)35-27-18-10-3-4-11-19(18)29(37-27)39-31(22)41-32;/h1-15H,(H2,33,42,43)(H2,34,35,36,37,38,39,40,41);. The summed E-state index contributed by atoms with van der Waals surface area (Å²) in [7, 11) is -4.35. The molecule has 14 heteroatoms. The zero-order chi connectivity index (χ0) is 30.3. The quantitative estimate of drug-likeness (QED) is 0.203. The third kappa shape index (κ3) is 4.43. The molecule has 12 nitrogen and oxygen atoms in total. The van der Waals surface area contributed by atoms with Crippen LogP contribution in [0.4, 0.5) is 0 Å². The first kappa shape index (κ1) is 28.0. The molecule has 9 rings (SSSR count). The predicted molar refractivity (Wildman–Crippen MR) is 170 cm³/mol. The molecule has 0 saturated carbocycles. The summed E-state index contributed by atoms with van der Waals surface area (Å²) in [4.78, 5) is 36.1. The molecule has 4 N–H and O–H groups in total. The van der Waals surface area contributed by atoms with Crippen molar-refractivity contribution in [2.75, 3.05) is 0 Å². The number of hydrogen-bond acceptors (Lipinski definition) is 9. The molecule has 46 heavy (non-hydrogen) atoms. The summed E-state index contributed by atoms with van der Waals surface area (Å²) >= 11 is 0. The van der Waals surface area contributed by atoms with Crippen LogP contribution < -0.4 is 9.32 Å². The molecule has 0 unspecified atom stereocenters. The van der Waals surface area contributed by atoms with Crippen molar-refractivity contribution in [3.05, 3.63) is 91.0 Å². The largest absolute Gasteiger partial charge is 0.380 e. The van der Waals surface area contributed by atoms with E-state index in [1.54, 1.807) is 12.1 Å². The van der Waals surface area contributed by atoms with Crippen LogP contribution in [0.2, 0.25) is 0 Å². The van der Waals surface area contributed by atoms with Gasteiger partial charge in [0.25, 0.3) is 0 Å². The van der Waals surface area contributed by atoms with Gasteiger partial charge in [0, 0.05) is 55.5 Å². The van der Waals surface area contributed by atoms with Crippen LogP contribution in [0.3, 0.4) is 0 Å². The maximum atomic E-state index is 12.0. The van der Waals surface area contributed by atoms with Gasteiger partial charge in [0.2, 0.25) is 0 Å². The third-order valence-electron chi connectivity index (χ3n) is 7.75. The van der Waals surface area contributed by atoms with Gasteiger partial charge in [0.15, 0.2) is 29.0 Å². The summed E-state index contributed by atoms with van der Waals surface area (Å²) in [6.45, 7) is 0. The zero-order valence-electron chi connectivity index (χ0n) is 23.4. The van der Waals surface area contributed by atoms with E-state index < -0.39 is 10.3 Å². The number of H-pyrrole nitrogens is 2. The van der Waals surface area contributed by atoms with Crippen LogP contribution in [0.15, 0.2) is 91.0 Å². The summed E-state index contributed by atoms with van der Waals surface area (Å²) in [5.41, 5.74) is 4.98. The summed E-state index contributed by atoms with van der Waals surface area (Å²) < 4.78 is 29.3. The molecule has 8 bridgehead atoms. The maximum absolute atomic E-state index is 12.0. The van der Waals surface area contributed by atoms with Gasteiger partial charge in [-0.25, -0.2) is 29.9 Å². The summed E-state index contributed by atoms with van der Waals surface area (Å²) in [6, 6.07) is 28.1. The first-order valence-electron chi connectivity index (χ1n) is 13.8. The zero-order valence-corrected chi connectivity index (χ0v) is 25.3. The fourth-order valence-electron chi connectivity index (χ4n) is 5.85. The van der Waals surface area contributed by atoms with E-state index in [1.165, 1.54) is 6.07 Å². The van der Waals surface area contributed by atoms with E-state index in [0.717, 1.165) is 33.0 Å². The van der Waals surface area contributed by atoms with E-state index in [2.05, 4.69) is 9.97 Å². The Morgan fingerprint density at radius 1 is 0.500 bits per heavy atom. The van der Waals surface area contributed by atoms with Crippen molar-refractivity contribution in [1.29, 1.82) is 0 Å². The van der Waals surface area contributed by atoms with Crippen LogP contribution in [-0.2, 0) is 27.4 Å². The Balaban J connectivity index is 0.00000312. The Morgan fingerprint density at radius 2 is 0.891 bits per heavy atom. The Kier molecular flexibility index (Phi) is 6.24. The van der Waals surface area contributed by atoms with Gasteiger partial charge in [-0.1, -0.05) is 84.9 Å². The normalized spacial score (nSPS) is 12.0. The first-order valence-corrected chi connectivity index (χ1v) is 15.3. The van der Waals surface area contributed by atoms with E-state index in [0.29, 0.717) is 51.0 Å². The summed E-state index contributed by atoms with van der Waals surface area (Å²) in [5, 5.41) is 7.95. The van der Waals surface area contributed by atoms with Crippen molar-refractivity contribution in [1.82, 2.24) is 39.9 Å². The molecule has 0 aliphatic carbocycles. The molecule has 3 aromatic heterocycles. The number of nitrogens with one attached hydrogen (secondary N) is 2. The second-order valence-electron chi connectivity index (χ2n) is 10.5. The first-order chi connectivity index (χ1) is 21.9. The van der Waals surface area contributed by atoms with Crippen LogP contribution in [0.5, 0.6) is 5.75 Å². The Hall–Kier alpha value is -5.53. The SMILES string of the molecule is NS(=O)(=O)Oc1cccc2c3nc4nc(nc5[nH]c(nc6nc(nc([nH]3)c12)-c1ccccc1-6)c1ccccc51)-c1ccccc1-4.[Fe]. The summed E-state index contributed by atoms with van der Waals surface area (Å²) in [5.74, 6) is 1.72. The van der Waals surface area contributed by atoms with E-state index >= 15 is 0 Å². The summed E-state index contributed by atoms with van der Waals surface area (Å²) in [6.07, 6.45) is 0. The topological polar surface area (TPSA) is 178 Å². The van der Waals surface area contributed by atoms with Gasteiger partial charge in [-0.15, -0.1) is 0 Å². The molecule has 2 aliphatic rings. The van der Waals surface area contributed by atoms with Crippen molar-refractivity contribution in [2.24, 2.45) is 5.14 Å². The van der Waals surface area contributed by atoms with Gasteiger partial charge < -0.3 is 14.2 Å². The fourth-order valence-corrected chi connectivity index (χ4v) is 6.24. The minimum Gasteiger partial charge on any atom is -0.370 e. The fraction of sp³-hybridized carbons (Fsp3) is 0. The van der Waals surface area contributed by atoms with Crippen molar-refractivity contribution in [3.63, 3.8) is 0 Å². The minimum atomic E-state index is -4.35. The number of rotatable bonds is 2. The number of hydrogen-bond donors (Lipinski definition) is 3. The molecule has 0 spiro atoms. The molecule has 0 saturated heterocycles. The number of aromatic amines is 2. The number of benzene rings is 4. The Labute approximate surface area is 270 Å². The average molecular weight is 665 g/mol. The van der Waals surface area contributed by atoms with Crippen molar-refractivity contribution in [3.8, 4) is 51.3 Å². The number of nitrogens with zero attached hydrogens (tertiary/aromatic N) is 6. The molecule has 7 aromatic rings. The van der Waals surface area contributed by atoms with Crippen LogP contribution >= 0.6 is 0 Å². The number of fused-ring (bicyclic) bond motifs is 20. The molecular formula is C32H19FeN9O3S. The van der Waals surface area contributed by atoms with Crippen molar-refractivity contribution >= 4 is 54.4 Å². The molecule has 4 aromatic carbocycles. The van der Waals surface area contributed by atoms with Crippen LogP contribution in [0, 0.1) is 0 Å². The van der Waals surface area contributed by atoms with Gasteiger partial charge in [-0.3, -0.25) is 0 Å². The van der Waals surface area contributed by atoms with Gasteiger partial charge >= 0.3 is 10.3 Å². The monoisotopic (exact) mass is 665 g/mol. The van der Waals surface area contributed by atoms with Crippen LogP contribution in [0.1, 0.15) is 0 Å². The average Bonchev–Trinajstić information content (AvgIpc) is 3.76. The molecule has 2 aliphatic heterocycles. The van der Waals surface area contributed by atoms with Gasteiger partial charge in [0.05, 0.1) is 5.39 Å². The second kappa shape index (κ2) is 10.3. The smallest absolute Gasteiger partial charge is 0.370 e. The molecule has 5 heterocycles. The second-order valence-corrected chi connectivity index (χ2v) is 11.7. The van der Waals surface area contributed by atoms with Gasteiger partial charge in [0.1, 0.15) is 22.6 Å². The van der Waals surface area contributed by atoms with E-state index in [1.807, 2.05) is 72.8 Å². The Morgan fingerprint density at radius 3 is 1.37 bits per heavy atom. The van der Waals surface area contributed by atoms with E-state index in [9.17, 15) is 8.42 Å². The predicted octanol–water partition coefficient (Wildman–Crippen LogP) is 5.45. The molecular weight excluding hydrogens is 646 g/mol. The van der Waals surface area contributed by atoms with Gasteiger partial charge in [-0.05, 0) is 6.07 Å². The van der Waals surface area contributed by atoms with Crippen molar-refractivity contribution in [2.45, 2.75) is 0 Å². The maximum Gasteiger partial charge on any atom is 0.380 e. The molecule has 0 fully saturated rings. The molecule has 0 amide bonds. The number of aromatic nitrogens is 8. The Bertz CT molecular complexity index is 2680. The van der Waals surface area contributed by atoms with Crippen LogP contribution in [-0.4, -0.2) is 48.3 Å².